The molecule has 0 aromatic heterocycles. The van der Waals surface area contributed by atoms with E-state index in [-0.39, 0.29) is 26.4 Å². The molecule has 0 radical (unpaired) electrons. The molecule has 2 rings (SSSR count). The van der Waals surface area contributed by atoms with Gasteiger partial charge in [0.25, 0.3) is 0 Å². The fraction of sp³-hybridized carbons (Fsp3) is 0.724. The summed E-state index contributed by atoms with van der Waals surface area (Å²) >= 11 is 0. The van der Waals surface area contributed by atoms with Crippen LogP contribution in [0.4, 0.5) is 14.5 Å². The van der Waals surface area contributed by atoms with Crippen LogP contribution in [0.3, 0.4) is 0 Å². The number of primary sulfonamides is 1. The maximum Gasteiger partial charge on any atom is 0.241 e. The maximum absolute atomic E-state index is 15.7. The van der Waals surface area contributed by atoms with Crippen molar-refractivity contribution < 1.29 is 54.2 Å². The fourth-order valence-corrected chi connectivity index (χ4v) is 7.31. The van der Waals surface area contributed by atoms with Crippen LogP contribution in [0.2, 0.25) is 0 Å². The molecule has 1 aliphatic rings. The average Bonchev–Trinajstić information content (AvgIpc) is 2.97. The number of hydrogen-bond donors (Lipinski definition) is 3. The van der Waals surface area contributed by atoms with Gasteiger partial charge in [0.15, 0.2) is 15.7 Å². The number of carbonyl (C=O) groups excluding carboxylic acids is 2. The molecule has 13 nitrogen and oxygen atoms in total. The van der Waals surface area contributed by atoms with Gasteiger partial charge in [-0.2, -0.15) is 0 Å². The molecule has 0 saturated heterocycles. The molecule has 17 heteroatoms. The molecule has 0 unspecified atom stereocenters. The standard InChI is InChI=1S/C29H47F2N3O10S2/c1-22-25(30)29(27(26(31)28(22)46(32,39)40)34-23-8-5-3-2-4-6-9-23)45(37,38)21-10-24(36)33-11-14-42-16-18-44-20-19-43-17-15-41-13-7-12-35/h12,23,34H,2-11,13-21H2,1H3,(H,33,36)(H2,32,39,40). The zero-order valence-electron chi connectivity index (χ0n) is 26.3. The van der Waals surface area contributed by atoms with Crippen molar-refractivity contribution in [1.29, 1.82) is 0 Å². The van der Waals surface area contributed by atoms with Crippen LogP contribution in [0.1, 0.15) is 63.4 Å². The highest BCUT2D eigenvalue weighted by Crippen LogP contribution is 2.37. The molecule has 264 valence electrons. The fourth-order valence-electron chi connectivity index (χ4n) is 4.89. The Labute approximate surface area is 270 Å². The van der Waals surface area contributed by atoms with Gasteiger partial charge in [-0.05, 0) is 19.8 Å². The second kappa shape index (κ2) is 20.8. The number of aldehydes is 1. The van der Waals surface area contributed by atoms with Crippen molar-refractivity contribution in [2.75, 3.05) is 70.5 Å². The van der Waals surface area contributed by atoms with E-state index in [1.807, 2.05) is 0 Å². The van der Waals surface area contributed by atoms with Gasteiger partial charge in [0.05, 0.1) is 64.3 Å². The highest BCUT2D eigenvalue weighted by atomic mass is 32.2. The molecular weight excluding hydrogens is 652 g/mol. The van der Waals surface area contributed by atoms with Crippen molar-refractivity contribution in [1.82, 2.24) is 5.32 Å². The zero-order chi connectivity index (χ0) is 34.0. The van der Waals surface area contributed by atoms with Gasteiger partial charge in [0.2, 0.25) is 15.9 Å². The summed E-state index contributed by atoms with van der Waals surface area (Å²) in [5.41, 5.74) is -1.53. The lowest BCUT2D eigenvalue weighted by Crippen LogP contribution is -2.30. The normalized spacial score (nSPS) is 14.9. The molecule has 1 aromatic carbocycles. The molecule has 0 spiro atoms. The number of carbonyl (C=O) groups is 2. The Kier molecular flexibility index (Phi) is 18.1. The van der Waals surface area contributed by atoms with E-state index in [4.69, 9.17) is 24.1 Å². The van der Waals surface area contributed by atoms with Crippen LogP contribution in [-0.2, 0) is 48.4 Å². The van der Waals surface area contributed by atoms with Crippen molar-refractivity contribution in [2.24, 2.45) is 5.14 Å². The molecule has 1 aromatic rings. The van der Waals surface area contributed by atoms with Gasteiger partial charge in [0.1, 0.15) is 21.9 Å². The molecule has 1 aliphatic carbocycles. The summed E-state index contributed by atoms with van der Waals surface area (Å²) in [6.45, 7) is 3.51. The van der Waals surface area contributed by atoms with Gasteiger partial charge in [-0.3, -0.25) is 4.79 Å². The Morgan fingerprint density at radius 2 is 1.35 bits per heavy atom. The number of rotatable bonds is 22. The number of sulfone groups is 1. The monoisotopic (exact) mass is 699 g/mol. The van der Waals surface area contributed by atoms with Crippen LogP contribution in [0, 0.1) is 18.6 Å². The van der Waals surface area contributed by atoms with Crippen LogP contribution in [0.15, 0.2) is 9.79 Å². The highest BCUT2D eigenvalue weighted by Gasteiger charge is 2.35. The summed E-state index contributed by atoms with van der Waals surface area (Å²) in [5, 5.41) is 10.5. The molecule has 4 N–H and O–H groups in total. The van der Waals surface area contributed by atoms with Crippen LogP contribution >= 0.6 is 0 Å². The number of ether oxygens (including phenoxy) is 4. The van der Waals surface area contributed by atoms with Gasteiger partial charge in [-0.25, -0.2) is 30.8 Å². The van der Waals surface area contributed by atoms with Crippen LogP contribution in [0.25, 0.3) is 0 Å². The number of hydrogen-bond acceptors (Lipinski definition) is 11. The lowest BCUT2D eigenvalue weighted by Gasteiger charge is -2.25. The van der Waals surface area contributed by atoms with Crippen molar-refractivity contribution >= 4 is 37.7 Å². The SMILES string of the molecule is Cc1c(F)c(S(=O)(=O)CCC(=O)NCCOCCOCCOCCOCCC=O)c(NC2CCCCCCC2)c(F)c1S(N)(=O)=O. The topological polar surface area (TPSA) is 189 Å². The Bertz CT molecular complexity index is 1320. The third-order valence-corrected chi connectivity index (χ3v) is 10.0. The summed E-state index contributed by atoms with van der Waals surface area (Å²) in [7, 11) is -9.33. The highest BCUT2D eigenvalue weighted by molar-refractivity contribution is 7.91. The lowest BCUT2D eigenvalue weighted by molar-refractivity contribution is -0.121. The molecule has 46 heavy (non-hydrogen) atoms. The third kappa shape index (κ3) is 13.8. The van der Waals surface area contributed by atoms with Crippen molar-refractivity contribution in [3.63, 3.8) is 0 Å². The minimum atomic E-state index is -4.73. The summed E-state index contributed by atoms with van der Waals surface area (Å²) in [6.07, 6.45) is 6.17. The van der Waals surface area contributed by atoms with Crippen molar-refractivity contribution in [3.05, 3.63) is 17.2 Å². The quantitative estimate of drug-likeness (QED) is 0.119. The Hall–Kier alpha value is -2.28. The molecule has 0 aliphatic heterocycles. The largest absolute Gasteiger partial charge is 0.379 e. The predicted molar refractivity (Wildman–Crippen MR) is 166 cm³/mol. The van der Waals surface area contributed by atoms with Crippen LogP contribution in [0.5, 0.6) is 0 Å². The van der Waals surface area contributed by atoms with E-state index in [1.54, 1.807) is 0 Å². The molecule has 1 saturated carbocycles. The van der Waals surface area contributed by atoms with Crippen LogP contribution < -0.4 is 15.8 Å². The maximum atomic E-state index is 15.7. The van der Waals surface area contributed by atoms with Crippen LogP contribution in [-0.4, -0.2) is 100 Å². The summed E-state index contributed by atoms with van der Waals surface area (Å²) < 4.78 is 103. The number of sulfonamides is 1. The minimum absolute atomic E-state index is 0.0751. The molecule has 1 fully saturated rings. The Morgan fingerprint density at radius 3 is 1.89 bits per heavy atom. The lowest BCUT2D eigenvalue weighted by atomic mass is 9.96. The van der Waals surface area contributed by atoms with Crippen molar-refractivity contribution in [2.45, 2.75) is 80.5 Å². The number of nitrogens with two attached hydrogens (primary N) is 1. The summed E-state index contributed by atoms with van der Waals surface area (Å²) in [5.74, 6) is -4.38. The first kappa shape index (κ1) is 39.9. The van der Waals surface area contributed by atoms with Crippen molar-refractivity contribution in [3.8, 4) is 0 Å². The smallest absolute Gasteiger partial charge is 0.241 e. The van der Waals surface area contributed by atoms with E-state index in [2.05, 4.69) is 10.6 Å². The second-order valence-corrected chi connectivity index (χ2v) is 14.4. The molecular formula is C29H47F2N3O10S2. The molecule has 0 heterocycles. The zero-order valence-corrected chi connectivity index (χ0v) is 28.0. The number of nitrogens with one attached hydrogen (secondary N) is 2. The van der Waals surface area contributed by atoms with Gasteiger partial charge in [-0.15, -0.1) is 0 Å². The summed E-state index contributed by atoms with van der Waals surface area (Å²) in [4.78, 5) is 20.4. The van der Waals surface area contributed by atoms with E-state index in [0.717, 1.165) is 45.3 Å². The molecule has 1 amide bonds. The van der Waals surface area contributed by atoms with E-state index < -0.39 is 76.7 Å². The van der Waals surface area contributed by atoms with Gasteiger partial charge >= 0.3 is 0 Å². The van der Waals surface area contributed by atoms with E-state index in [9.17, 15) is 26.4 Å². The first-order valence-electron chi connectivity index (χ1n) is 15.4. The van der Waals surface area contributed by atoms with Gasteiger partial charge in [-0.1, -0.05) is 32.1 Å². The summed E-state index contributed by atoms with van der Waals surface area (Å²) in [6, 6.07) is -0.410. The minimum Gasteiger partial charge on any atom is -0.379 e. The Balaban J connectivity index is 1.87. The number of benzene rings is 1. The predicted octanol–water partition coefficient (Wildman–Crippen LogP) is 2.38. The van der Waals surface area contributed by atoms with E-state index in [1.165, 1.54) is 0 Å². The number of amides is 1. The number of anilines is 1. The van der Waals surface area contributed by atoms with E-state index in [0.29, 0.717) is 52.3 Å². The average molecular weight is 700 g/mol. The molecule has 0 atom stereocenters. The molecule has 0 bridgehead atoms. The number of halogens is 2. The first-order valence-corrected chi connectivity index (χ1v) is 18.6. The van der Waals surface area contributed by atoms with Gasteiger partial charge in [0, 0.05) is 31.0 Å². The van der Waals surface area contributed by atoms with E-state index >= 15 is 8.78 Å². The van der Waals surface area contributed by atoms with Gasteiger partial charge < -0.3 is 34.4 Å². The third-order valence-electron chi connectivity index (χ3n) is 7.23. The first-order chi connectivity index (χ1) is 21.9. The second-order valence-electron chi connectivity index (χ2n) is 10.8. The Morgan fingerprint density at radius 1 is 0.826 bits per heavy atom.